The molecule has 1 fully saturated rings. The van der Waals surface area contributed by atoms with Crippen molar-refractivity contribution in [3.8, 4) is 16.9 Å². The van der Waals surface area contributed by atoms with Crippen LogP contribution in [0.2, 0.25) is 0 Å². The van der Waals surface area contributed by atoms with Gasteiger partial charge in [-0.05, 0) is 55.9 Å². The topological polar surface area (TPSA) is 37.2 Å². The molecule has 5 nitrogen and oxygen atoms in total. The lowest BCUT2D eigenvalue weighted by Crippen LogP contribution is -2.44. The van der Waals surface area contributed by atoms with E-state index in [9.17, 15) is 4.39 Å². The van der Waals surface area contributed by atoms with Crippen LogP contribution in [0.25, 0.3) is 27.8 Å². The van der Waals surface area contributed by atoms with E-state index in [4.69, 9.17) is 0 Å². The molecule has 1 saturated heterocycles. The van der Waals surface area contributed by atoms with Crippen molar-refractivity contribution < 1.29 is 4.39 Å². The van der Waals surface area contributed by atoms with Crippen LogP contribution in [0.1, 0.15) is 5.56 Å². The van der Waals surface area contributed by atoms with E-state index >= 15 is 0 Å². The molecule has 3 heterocycles. The Kier molecular flexibility index (Phi) is 4.71. The van der Waals surface area contributed by atoms with E-state index in [1.807, 2.05) is 23.7 Å². The first-order valence-corrected chi connectivity index (χ1v) is 10.2. The zero-order chi connectivity index (χ0) is 20.7. The number of piperazine rings is 1. The Hall–Kier alpha value is -3.25. The average Bonchev–Trinajstić information content (AvgIpc) is 3.18. The highest BCUT2D eigenvalue weighted by molar-refractivity contribution is 5.84. The van der Waals surface area contributed by atoms with E-state index in [1.54, 1.807) is 18.5 Å². The van der Waals surface area contributed by atoms with Gasteiger partial charge in [0.05, 0.1) is 23.1 Å². The van der Waals surface area contributed by atoms with E-state index in [2.05, 4.69) is 51.2 Å². The maximum atomic E-state index is 14.5. The SMILES string of the molecule is Cc1cccc(F)c1-c1cc2c(cn1)cnn2-c1ccc(N2CCN(C)CC2)cc1. The van der Waals surface area contributed by atoms with E-state index in [0.29, 0.717) is 11.3 Å². The lowest BCUT2D eigenvalue weighted by atomic mass is 10.0. The van der Waals surface area contributed by atoms with Crippen LogP contribution in [-0.2, 0) is 0 Å². The summed E-state index contributed by atoms with van der Waals surface area (Å²) in [6.07, 6.45) is 3.56. The fraction of sp³-hybridized carbons (Fsp3) is 0.250. The Morgan fingerprint density at radius 2 is 1.63 bits per heavy atom. The highest BCUT2D eigenvalue weighted by atomic mass is 19.1. The number of benzene rings is 2. The van der Waals surface area contributed by atoms with Gasteiger partial charge in [0.1, 0.15) is 5.82 Å². The minimum atomic E-state index is -0.260. The summed E-state index contributed by atoms with van der Waals surface area (Å²) in [4.78, 5) is 9.24. The smallest absolute Gasteiger partial charge is 0.132 e. The molecule has 5 rings (SSSR count). The largest absolute Gasteiger partial charge is 0.369 e. The van der Waals surface area contributed by atoms with Gasteiger partial charge in [0.15, 0.2) is 0 Å². The second-order valence-corrected chi connectivity index (χ2v) is 7.92. The van der Waals surface area contributed by atoms with Gasteiger partial charge in [0, 0.05) is 49.0 Å². The number of aromatic nitrogens is 3. The van der Waals surface area contributed by atoms with Crippen LogP contribution in [0.5, 0.6) is 0 Å². The molecule has 0 unspecified atom stereocenters. The highest BCUT2D eigenvalue weighted by Crippen LogP contribution is 2.28. The van der Waals surface area contributed by atoms with Crippen molar-refractivity contribution in [2.24, 2.45) is 0 Å². The third kappa shape index (κ3) is 3.33. The number of aryl methyl sites for hydroxylation is 1. The Balaban J connectivity index is 1.50. The summed E-state index contributed by atoms with van der Waals surface area (Å²) < 4.78 is 16.4. The summed E-state index contributed by atoms with van der Waals surface area (Å²) in [5, 5.41) is 5.49. The molecule has 152 valence electrons. The average molecular weight is 401 g/mol. The fourth-order valence-corrected chi connectivity index (χ4v) is 4.09. The van der Waals surface area contributed by atoms with Crippen LogP contribution in [-0.4, -0.2) is 52.9 Å². The molecule has 0 saturated carbocycles. The number of rotatable bonds is 3. The van der Waals surface area contributed by atoms with Gasteiger partial charge in [0.25, 0.3) is 0 Å². The first kappa shape index (κ1) is 18.8. The molecule has 1 aliphatic heterocycles. The van der Waals surface area contributed by atoms with E-state index in [1.165, 1.54) is 11.8 Å². The van der Waals surface area contributed by atoms with Crippen molar-refractivity contribution in [3.05, 3.63) is 72.3 Å². The number of hydrogen-bond acceptors (Lipinski definition) is 4. The van der Waals surface area contributed by atoms with Crippen molar-refractivity contribution >= 4 is 16.6 Å². The van der Waals surface area contributed by atoms with Crippen LogP contribution in [0.15, 0.2) is 60.9 Å². The standard InChI is InChI=1S/C24H24FN5/c1-17-4-3-5-21(25)24(17)22-14-23-18(15-26-22)16-27-30(23)20-8-6-19(7-9-20)29-12-10-28(2)11-13-29/h3-9,14-16H,10-13H2,1-2H3. The molecule has 0 N–H and O–H groups in total. The third-order valence-corrected chi connectivity index (χ3v) is 5.89. The van der Waals surface area contributed by atoms with E-state index in [-0.39, 0.29) is 5.82 Å². The molecule has 0 spiro atoms. The molecule has 30 heavy (non-hydrogen) atoms. The first-order chi connectivity index (χ1) is 14.6. The Labute approximate surface area is 175 Å². The maximum Gasteiger partial charge on any atom is 0.132 e. The van der Waals surface area contributed by atoms with Crippen LogP contribution in [0, 0.1) is 12.7 Å². The quantitative estimate of drug-likeness (QED) is 0.513. The lowest BCUT2D eigenvalue weighted by Gasteiger charge is -2.34. The van der Waals surface area contributed by atoms with Crippen LogP contribution in [0.4, 0.5) is 10.1 Å². The van der Waals surface area contributed by atoms with Crippen LogP contribution >= 0.6 is 0 Å². The Morgan fingerprint density at radius 3 is 2.37 bits per heavy atom. The number of nitrogens with zero attached hydrogens (tertiary/aromatic N) is 5. The van der Waals surface area contributed by atoms with Gasteiger partial charge >= 0.3 is 0 Å². The van der Waals surface area contributed by atoms with Gasteiger partial charge in [-0.3, -0.25) is 4.98 Å². The first-order valence-electron chi connectivity index (χ1n) is 10.2. The van der Waals surface area contributed by atoms with Crippen molar-refractivity contribution in [2.45, 2.75) is 6.92 Å². The van der Waals surface area contributed by atoms with Crippen molar-refractivity contribution in [1.29, 1.82) is 0 Å². The molecule has 0 radical (unpaired) electrons. The number of pyridine rings is 1. The summed E-state index contributed by atoms with van der Waals surface area (Å²) >= 11 is 0. The van der Waals surface area contributed by atoms with Gasteiger partial charge in [-0.25, -0.2) is 9.07 Å². The lowest BCUT2D eigenvalue weighted by molar-refractivity contribution is 0.313. The van der Waals surface area contributed by atoms with Gasteiger partial charge in [-0.15, -0.1) is 0 Å². The van der Waals surface area contributed by atoms with Gasteiger partial charge in [-0.1, -0.05) is 12.1 Å². The third-order valence-electron chi connectivity index (χ3n) is 5.89. The van der Waals surface area contributed by atoms with Crippen molar-refractivity contribution in [3.63, 3.8) is 0 Å². The number of hydrogen-bond donors (Lipinski definition) is 0. The normalized spacial score (nSPS) is 15.1. The zero-order valence-corrected chi connectivity index (χ0v) is 17.2. The predicted molar refractivity (Wildman–Crippen MR) is 119 cm³/mol. The van der Waals surface area contributed by atoms with Crippen LogP contribution in [0.3, 0.4) is 0 Å². The summed E-state index contributed by atoms with van der Waals surface area (Å²) in [5.74, 6) is -0.260. The van der Waals surface area contributed by atoms with Crippen LogP contribution < -0.4 is 4.90 Å². The molecule has 0 aliphatic carbocycles. The molecule has 0 amide bonds. The predicted octanol–water partition coefficient (Wildman–Crippen LogP) is 4.29. The summed E-state index contributed by atoms with van der Waals surface area (Å²) in [6.45, 7) is 6.14. The molecule has 1 aliphatic rings. The molecule has 0 atom stereocenters. The number of halogens is 1. The molecular weight excluding hydrogens is 377 g/mol. The monoisotopic (exact) mass is 401 g/mol. The fourth-order valence-electron chi connectivity index (χ4n) is 4.09. The second-order valence-electron chi connectivity index (χ2n) is 7.92. The number of fused-ring (bicyclic) bond motifs is 1. The molecule has 2 aromatic heterocycles. The van der Waals surface area contributed by atoms with Crippen molar-refractivity contribution in [2.75, 3.05) is 38.1 Å². The van der Waals surface area contributed by atoms with Gasteiger partial charge in [-0.2, -0.15) is 5.10 Å². The Bertz CT molecular complexity index is 1170. The highest BCUT2D eigenvalue weighted by Gasteiger charge is 2.15. The summed E-state index contributed by atoms with van der Waals surface area (Å²) in [6, 6.07) is 15.5. The number of anilines is 1. The van der Waals surface area contributed by atoms with Gasteiger partial charge in [0.2, 0.25) is 0 Å². The van der Waals surface area contributed by atoms with Crippen molar-refractivity contribution in [1.82, 2.24) is 19.7 Å². The summed E-state index contributed by atoms with van der Waals surface area (Å²) in [7, 11) is 2.16. The molecule has 2 aromatic carbocycles. The molecular formula is C24H24FN5. The zero-order valence-electron chi connectivity index (χ0n) is 17.2. The summed E-state index contributed by atoms with van der Waals surface area (Å²) in [5.41, 5.74) is 5.14. The van der Waals surface area contributed by atoms with Gasteiger partial charge < -0.3 is 9.80 Å². The number of likely N-dealkylation sites (N-methyl/N-ethyl adjacent to an activating group) is 1. The molecule has 6 heteroatoms. The Morgan fingerprint density at radius 1 is 0.900 bits per heavy atom. The minimum Gasteiger partial charge on any atom is -0.369 e. The molecule has 0 bridgehead atoms. The second kappa shape index (κ2) is 7.54. The van der Waals surface area contributed by atoms with E-state index < -0.39 is 0 Å². The molecule has 4 aromatic rings. The maximum absolute atomic E-state index is 14.5. The van der Waals surface area contributed by atoms with E-state index in [0.717, 1.165) is 48.3 Å². The minimum absolute atomic E-state index is 0.260.